The van der Waals surface area contributed by atoms with Crippen LogP contribution in [0.5, 0.6) is 0 Å². The summed E-state index contributed by atoms with van der Waals surface area (Å²) in [7, 11) is -1.63. The van der Waals surface area contributed by atoms with Crippen LogP contribution in [0.3, 0.4) is 0 Å². The molecule has 27 heavy (non-hydrogen) atoms. The van der Waals surface area contributed by atoms with E-state index in [0.717, 1.165) is 37.4 Å². The van der Waals surface area contributed by atoms with E-state index in [1.807, 2.05) is 6.07 Å². The topological polar surface area (TPSA) is 56.4 Å². The fourth-order valence-electron chi connectivity index (χ4n) is 3.43. The van der Waals surface area contributed by atoms with Crippen LogP contribution in [-0.4, -0.2) is 51.5 Å². The average Bonchev–Trinajstić information content (AvgIpc) is 3.06. The molecule has 1 N–H and O–H groups in total. The number of aromatic nitrogens is 1. The molecular formula is C19H19Cl2N3O2S. The number of hydrogen-bond donors (Lipinski definition) is 1. The first-order valence-electron chi connectivity index (χ1n) is 8.61. The lowest BCUT2D eigenvalue weighted by atomic mass is 10.2. The van der Waals surface area contributed by atoms with Crippen molar-refractivity contribution in [1.82, 2.24) is 9.88 Å². The van der Waals surface area contributed by atoms with Gasteiger partial charge in [-0.25, -0.2) is 8.42 Å². The van der Waals surface area contributed by atoms with Crippen LogP contribution in [0.25, 0.3) is 10.9 Å². The van der Waals surface area contributed by atoms with E-state index >= 15 is 0 Å². The van der Waals surface area contributed by atoms with E-state index in [4.69, 9.17) is 23.2 Å². The van der Waals surface area contributed by atoms with Gasteiger partial charge in [0.05, 0.1) is 21.0 Å². The molecule has 3 aromatic rings. The van der Waals surface area contributed by atoms with E-state index in [1.54, 1.807) is 24.3 Å². The first-order chi connectivity index (χ1) is 12.9. The molecule has 0 saturated carbocycles. The van der Waals surface area contributed by atoms with Crippen molar-refractivity contribution in [3.05, 3.63) is 52.6 Å². The molecule has 1 aromatic heterocycles. The third kappa shape index (κ3) is 3.43. The summed E-state index contributed by atoms with van der Waals surface area (Å²) in [4.78, 5) is 8.03. The molecule has 142 valence electrons. The second-order valence-electron chi connectivity index (χ2n) is 6.75. The van der Waals surface area contributed by atoms with E-state index in [9.17, 15) is 8.42 Å². The highest BCUT2D eigenvalue weighted by Crippen LogP contribution is 2.36. The predicted octanol–water partition coefficient (Wildman–Crippen LogP) is 4.06. The van der Waals surface area contributed by atoms with Crippen molar-refractivity contribution in [3.63, 3.8) is 0 Å². The molecule has 1 saturated heterocycles. The van der Waals surface area contributed by atoms with Gasteiger partial charge < -0.3 is 14.8 Å². The van der Waals surface area contributed by atoms with E-state index < -0.39 is 9.84 Å². The highest BCUT2D eigenvalue weighted by atomic mass is 35.5. The Hall–Kier alpha value is -1.73. The van der Waals surface area contributed by atoms with Crippen molar-refractivity contribution >= 4 is 49.6 Å². The van der Waals surface area contributed by atoms with Crippen LogP contribution < -0.4 is 4.90 Å². The van der Waals surface area contributed by atoms with E-state index in [1.165, 1.54) is 12.3 Å². The van der Waals surface area contributed by atoms with Crippen LogP contribution in [0.2, 0.25) is 10.0 Å². The standard InChI is InChI=1S/C19H19Cl2N3O2S/c1-23-5-7-24(8-6-23)17-11-14(21)10-16-18(12-22-19(16)17)27(25,26)15-4-2-3-13(20)9-15/h2-4,9-12,22H,5-8H2,1H3. The van der Waals surface area contributed by atoms with Gasteiger partial charge in [0.15, 0.2) is 0 Å². The van der Waals surface area contributed by atoms with Gasteiger partial charge in [0.25, 0.3) is 0 Å². The lowest BCUT2D eigenvalue weighted by Gasteiger charge is -2.34. The van der Waals surface area contributed by atoms with Gasteiger partial charge in [0, 0.05) is 47.8 Å². The van der Waals surface area contributed by atoms with Crippen molar-refractivity contribution in [2.24, 2.45) is 0 Å². The summed E-state index contributed by atoms with van der Waals surface area (Å²) in [5.74, 6) is 0. The third-order valence-corrected chi connectivity index (χ3v) is 7.18. The quantitative estimate of drug-likeness (QED) is 0.689. The molecule has 1 fully saturated rings. The second-order valence-corrected chi connectivity index (χ2v) is 9.54. The van der Waals surface area contributed by atoms with Crippen LogP contribution in [0.4, 0.5) is 5.69 Å². The average molecular weight is 424 g/mol. The largest absolute Gasteiger partial charge is 0.367 e. The molecule has 1 aliphatic rings. The van der Waals surface area contributed by atoms with Gasteiger partial charge in [-0.2, -0.15) is 0 Å². The van der Waals surface area contributed by atoms with Crippen LogP contribution in [0, 0.1) is 0 Å². The second kappa shape index (κ2) is 7.02. The molecule has 0 bridgehead atoms. The van der Waals surface area contributed by atoms with Crippen molar-refractivity contribution < 1.29 is 8.42 Å². The van der Waals surface area contributed by atoms with Gasteiger partial charge in [-0.15, -0.1) is 0 Å². The van der Waals surface area contributed by atoms with E-state index in [0.29, 0.717) is 15.4 Å². The minimum atomic E-state index is -3.72. The van der Waals surface area contributed by atoms with Crippen LogP contribution in [-0.2, 0) is 9.84 Å². The number of rotatable bonds is 3. The Labute approximate surface area is 168 Å². The number of nitrogens with one attached hydrogen (secondary N) is 1. The molecule has 1 aliphatic heterocycles. The molecular weight excluding hydrogens is 405 g/mol. The molecule has 2 aromatic carbocycles. The summed E-state index contributed by atoms with van der Waals surface area (Å²) in [6, 6.07) is 9.88. The zero-order valence-corrected chi connectivity index (χ0v) is 17.1. The number of nitrogens with zero attached hydrogens (tertiary/aromatic N) is 2. The van der Waals surface area contributed by atoms with E-state index in [2.05, 4.69) is 21.8 Å². The minimum Gasteiger partial charge on any atom is -0.367 e. The Bertz CT molecular complexity index is 1100. The molecule has 0 atom stereocenters. The third-order valence-electron chi connectivity index (χ3n) is 4.94. The highest BCUT2D eigenvalue weighted by Gasteiger charge is 2.25. The first kappa shape index (κ1) is 18.6. The predicted molar refractivity (Wildman–Crippen MR) is 110 cm³/mol. The number of sulfone groups is 1. The zero-order chi connectivity index (χ0) is 19.2. The van der Waals surface area contributed by atoms with Crippen LogP contribution in [0.1, 0.15) is 0 Å². The summed E-state index contributed by atoms with van der Waals surface area (Å²) in [5.41, 5.74) is 1.71. The number of benzene rings is 2. The fourth-order valence-corrected chi connectivity index (χ4v) is 5.36. The molecule has 4 rings (SSSR count). The summed E-state index contributed by atoms with van der Waals surface area (Å²) in [6.07, 6.45) is 1.54. The summed E-state index contributed by atoms with van der Waals surface area (Å²) in [6.45, 7) is 3.62. The maximum atomic E-state index is 13.2. The SMILES string of the molecule is CN1CCN(c2cc(Cl)cc3c(S(=O)(=O)c4cccc(Cl)c4)c[nH]c23)CC1. The number of fused-ring (bicyclic) bond motifs is 1. The van der Waals surface area contributed by atoms with E-state index in [-0.39, 0.29) is 9.79 Å². The lowest BCUT2D eigenvalue weighted by molar-refractivity contribution is 0.313. The number of hydrogen-bond acceptors (Lipinski definition) is 4. The number of likely N-dealkylation sites (N-methyl/N-ethyl adjacent to an activating group) is 1. The van der Waals surface area contributed by atoms with Crippen molar-refractivity contribution in [1.29, 1.82) is 0 Å². The van der Waals surface area contributed by atoms with Crippen molar-refractivity contribution in [3.8, 4) is 0 Å². The molecule has 2 heterocycles. The maximum absolute atomic E-state index is 13.2. The van der Waals surface area contributed by atoms with Crippen molar-refractivity contribution in [2.45, 2.75) is 9.79 Å². The Kier molecular flexibility index (Phi) is 4.84. The number of anilines is 1. The summed E-state index contributed by atoms with van der Waals surface area (Å²) in [5, 5.41) is 1.49. The first-order valence-corrected chi connectivity index (χ1v) is 10.8. The lowest BCUT2D eigenvalue weighted by Crippen LogP contribution is -2.44. The van der Waals surface area contributed by atoms with Gasteiger partial charge in [-0.3, -0.25) is 0 Å². The molecule has 0 radical (unpaired) electrons. The molecule has 8 heteroatoms. The highest BCUT2D eigenvalue weighted by molar-refractivity contribution is 7.91. The normalized spacial score (nSPS) is 16.2. The summed E-state index contributed by atoms with van der Waals surface area (Å²) >= 11 is 12.3. The molecule has 0 spiro atoms. The number of H-pyrrole nitrogens is 1. The number of piperazine rings is 1. The van der Waals surface area contributed by atoms with Crippen LogP contribution in [0.15, 0.2) is 52.4 Å². The minimum absolute atomic E-state index is 0.164. The zero-order valence-electron chi connectivity index (χ0n) is 14.7. The summed E-state index contributed by atoms with van der Waals surface area (Å²) < 4.78 is 26.3. The Balaban J connectivity index is 1.85. The fraction of sp³-hybridized carbons (Fsp3) is 0.263. The molecule has 5 nitrogen and oxygen atoms in total. The number of halogens is 2. The Morgan fingerprint density at radius 3 is 2.44 bits per heavy atom. The van der Waals surface area contributed by atoms with Gasteiger partial charge in [0.1, 0.15) is 0 Å². The van der Waals surface area contributed by atoms with Gasteiger partial charge in [-0.05, 0) is 37.4 Å². The Morgan fingerprint density at radius 2 is 1.74 bits per heavy atom. The smallest absolute Gasteiger partial charge is 0.208 e. The molecule has 0 unspecified atom stereocenters. The van der Waals surface area contributed by atoms with Gasteiger partial charge in [-0.1, -0.05) is 29.3 Å². The molecule has 0 amide bonds. The molecule has 0 aliphatic carbocycles. The van der Waals surface area contributed by atoms with Gasteiger partial charge in [0.2, 0.25) is 9.84 Å². The monoisotopic (exact) mass is 423 g/mol. The van der Waals surface area contributed by atoms with Crippen LogP contribution >= 0.6 is 23.2 Å². The number of aromatic amines is 1. The van der Waals surface area contributed by atoms with Crippen molar-refractivity contribution in [2.75, 3.05) is 38.1 Å². The Morgan fingerprint density at radius 1 is 1.00 bits per heavy atom. The maximum Gasteiger partial charge on any atom is 0.208 e. The van der Waals surface area contributed by atoms with Gasteiger partial charge >= 0.3 is 0 Å².